The summed E-state index contributed by atoms with van der Waals surface area (Å²) in [4.78, 5) is 35.2. The lowest BCUT2D eigenvalue weighted by atomic mass is 9.93. The highest BCUT2D eigenvalue weighted by Crippen LogP contribution is 2.28. The molecule has 0 aliphatic heterocycles. The van der Waals surface area contributed by atoms with E-state index in [2.05, 4.69) is 38.2 Å². The summed E-state index contributed by atoms with van der Waals surface area (Å²) in [7, 11) is 0. The molecule has 2 aromatic carbocycles. The molecule has 0 aliphatic rings. The van der Waals surface area contributed by atoms with Gasteiger partial charge in [-0.25, -0.2) is 4.79 Å². The second-order valence-corrected chi connectivity index (χ2v) is 6.81. The van der Waals surface area contributed by atoms with E-state index in [1.165, 1.54) is 5.56 Å². The minimum Gasteiger partial charge on any atom is -0.480 e. The van der Waals surface area contributed by atoms with Crippen molar-refractivity contribution in [1.82, 2.24) is 5.32 Å². The minimum atomic E-state index is -1.22. The van der Waals surface area contributed by atoms with Gasteiger partial charge in [0.25, 0.3) is 5.91 Å². The average molecular weight is 367 g/mol. The topological polar surface area (TPSA) is 83.5 Å². The quantitative estimate of drug-likeness (QED) is 0.779. The van der Waals surface area contributed by atoms with Crippen LogP contribution in [-0.4, -0.2) is 28.8 Å². The zero-order chi connectivity index (χ0) is 20.1. The number of carbonyl (C=O) groups is 3. The van der Waals surface area contributed by atoms with Gasteiger partial charge in [0.05, 0.1) is 0 Å². The van der Waals surface area contributed by atoms with Crippen molar-refractivity contribution in [3.63, 3.8) is 0 Å². The van der Waals surface area contributed by atoms with E-state index in [0.717, 1.165) is 22.3 Å². The number of Topliss-reactive ketones (excluding diaryl/α,β-unsaturated/α-hetero) is 1. The average Bonchev–Trinajstić information content (AvgIpc) is 2.60. The van der Waals surface area contributed by atoms with Gasteiger partial charge in [-0.2, -0.15) is 0 Å². The Morgan fingerprint density at radius 2 is 1.56 bits per heavy atom. The number of aliphatic carboxylic acids is 1. The molecule has 2 aromatic rings. The lowest BCUT2D eigenvalue weighted by Crippen LogP contribution is -2.42. The van der Waals surface area contributed by atoms with Crippen molar-refractivity contribution in [3.05, 3.63) is 58.7 Å². The van der Waals surface area contributed by atoms with E-state index in [9.17, 15) is 19.5 Å². The van der Waals surface area contributed by atoms with Crippen LogP contribution in [0.4, 0.5) is 0 Å². The van der Waals surface area contributed by atoms with Gasteiger partial charge in [-0.3, -0.25) is 9.59 Å². The Labute approximate surface area is 159 Å². The molecule has 142 valence electrons. The molecule has 0 heterocycles. The Morgan fingerprint density at radius 1 is 1.00 bits per heavy atom. The number of carboxylic acids is 1. The van der Waals surface area contributed by atoms with E-state index in [1.54, 1.807) is 19.1 Å². The molecule has 0 aromatic heterocycles. The molecular formula is C22H25NO4. The van der Waals surface area contributed by atoms with Crippen LogP contribution in [0.3, 0.4) is 0 Å². The summed E-state index contributed by atoms with van der Waals surface area (Å²) in [6, 6.07) is 10.1. The normalized spacial score (nSPS) is 11.7. The van der Waals surface area contributed by atoms with E-state index in [-0.39, 0.29) is 18.6 Å². The van der Waals surface area contributed by atoms with Crippen molar-refractivity contribution < 1.29 is 19.5 Å². The number of rotatable bonds is 7. The number of hydrogen-bond acceptors (Lipinski definition) is 3. The first-order valence-electron chi connectivity index (χ1n) is 8.96. The third-order valence-electron chi connectivity index (χ3n) is 4.54. The van der Waals surface area contributed by atoms with Gasteiger partial charge in [0.1, 0.15) is 11.8 Å². The molecule has 0 fully saturated rings. The van der Waals surface area contributed by atoms with Crippen LogP contribution in [-0.2, 0) is 9.59 Å². The largest absolute Gasteiger partial charge is 0.480 e. The Bertz CT molecular complexity index is 845. The molecule has 5 nitrogen and oxygen atoms in total. The Balaban J connectivity index is 2.20. The number of benzene rings is 2. The minimum absolute atomic E-state index is 0.205. The van der Waals surface area contributed by atoms with Crippen LogP contribution in [0.5, 0.6) is 0 Å². The number of aryl methyl sites for hydroxylation is 3. The van der Waals surface area contributed by atoms with Gasteiger partial charge < -0.3 is 10.4 Å². The molecule has 0 saturated carbocycles. The third kappa shape index (κ3) is 5.03. The van der Waals surface area contributed by atoms with E-state index >= 15 is 0 Å². The fraction of sp³-hybridized carbons (Fsp3) is 0.318. The molecule has 1 atom stereocenters. The molecular weight excluding hydrogens is 342 g/mol. The van der Waals surface area contributed by atoms with Crippen LogP contribution in [0.15, 0.2) is 36.4 Å². The second kappa shape index (κ2) is 8.62. The first-order valence-corrected chi connectivity index (χ1v) is 8.96. The number of amides is 1. The van der Waals surface area contributed by atoms with Crippen molar-refractivity contribution >= 4 is 17.7 Å². The van der Waals surface area contributed by atoms with E-state index in [4.69, 9.17) is 0 Å². The first-order chi connectivity index (χ1) is 12.7. The summed E-state index contributed by atoms with van der Waals surface area (Å²) >= 11 is 0. The summed E-state index contributed by atoms with van der Waals surface area (Å²) in [6.07, 6.45) is 0.0288. The highest BCUT2D eigenvalue weighted by Gasteiger charge is 2.23. The van der Waals surface area contributed by atoms with Crippen molar-refractivity contribution in [2.75, 3.05) is 0 Å². The summed E-state index contributed by atoms with van der Waals surface area (Å²) in [5.74, 6) is -1.92. The molecule has 0 radical (unpaired) electrons. The van der Waals surface area contributed by atoms with E-state index < -0.39 is 17.9 Å². The van der Waals surface area contributed by atoms with Crippen LogP contribution in [0.2, 0.25) is 0 Å². The second-order valence-electron chi connectivity index (χ2n) is 6.81. The summed E-state index contributed by atoms with van der Waals surface area (Å²) in [6.45, 7) is 7.83. The fourth-order valence-corrected chi connectivity index (χ4v) is 3.24. The molecule has 1 amide bonds. The molecule has 5 heteroatoms. The zero-order valence-electron chi connectivity index (χ0n) is 16.1. The summed E-state index contributed by atoms with van der Waals surface area (Å²) in [5, 5.41) is 11.7. The Morgan fingerprint density at radius 3 is 2.04 bits per heavy atom. The molecule has 0 bridgehead atoms. The maximum Gasteiger partial charge on any atom is 0.326 e. The lowest BCUT2D eigenvalue weighted by molar-refractivity contribution is -0.141. The molecule has 1 unspecified atom stereocenters. The van der Waals surface area contributed by atoms with E-state index in [0.29, 0.717) is 5.56 Å². The van der Waals surface area contributed by atoms with Gasteiger partial charge in [0, 0.05) is 18.4 Å². The Kier molecular flexibility index (Phi) is 6.50. The van der Waals surface area contributed by atoms with Crippen molar-refractivity contribution in [1.29, 1.82) is 0 Å². The predicted molar refractivity (Wildman–Crippen MR) is 105 cm³/mol. The zero-order valence-corrected chi connectivity index (χ0v) is 16.1. The highest BCUT2D eigenvalue weighted by molar-refractivity contribution is 5.98. The smallest absolute Gasteiger partial charge is 0.326 e. The van der Waals surface area contributed by atoms with Gasteiger partial charge in [-0.05, 0) is 55.2 Å². The van der Waals surface area contributed by atoms with Gasteiger partial charge in [-0.15, -0.1) is 0 Å². The molecule has 2 rings (SSSR count). The number of nitrogens with one attached hydrogen (secondary N) is 1. The van der Waals surface area contributed by atoms with Crippen LogP contribution in [0, 0.1) is 20.8 Å². The van der Waals surface area contributed by atoms with Crippen molar-refractivity contribution in [2.45, 2.75) is 46.6 Å². The molecule has 0 aliphatic carbocycles. The molecule has 0 saturated heterocycles. The maximum absolute atomic E-state index is 12.4. The number of ketones is 1. The maximum atomic E-state index is 12.4. The van der Waals surface area contributed by atoms with Crippen molar-refractivity contribution in [3.8, 4) is 11.1 Å². The number of hydrogen-bond donors (Lipinski definition) is 2. The SMILES string of the molecule is CCC(=O)CC(NC(=O)c1ccc(-c2c(C)cc(C)cc2C)cc1)C(=O)O. The Hall–Kier alpha value is -2.95. The van der Waals surface area contributed by atoms with Crippen LogP contribution in [0.1, 0.15) is 46.8 Å². The van der Waals surface area contributed by atoms with Gasteiger partial charge in [0.2, 0.25) is 0 Å². The third-order valence-corrected chi connectivity index (χ3v) is 4.54. The number of carbonyl (C=O) groups excluding carboxylic acids is 2. The monoisotopic (exact) mass is 367 g/mol. The van der Waals surface area contributed by atoms with Gasteiger partial charge in [-0.1, -0.05) is 36.8 Å². The molecule has 27 heavy (non-hydrogen) atoms. The standard InChI is InChI=1S/C22H25NO4/c1-5-18(24)12-19(22(26)27)23-21(25)17-8-6-16(7-9-17)20-14(3)10-13(2)11-15(20)4/h6-11,19H,5,12H2,1-4H3,(H,23,25)(H,26,27). The van der Waals surface area contributed by atoms with Gasteiger partial charge in [0.15, 0.2) is 0 Å². The fourth-order valence-electron chi connectivity index (χ4n) is 3.24. The highest BCUT2D eigenvalue weighted by atomic mass is 16.4. The molecule has 2 N–H and O–H groups in total. The van der Waals surface area contributed by atoms with Crippen LogP contribution in [0.25, 0.3) is 11.1 Å². The van der Waals surface area contributed by atoms with Gasteiger partial charge >= 0.3 is 5.97 Å². The lowest BCUT2D eigenvalue weighted by Gasteiger charge is -2.15. The first kappa shape index (κ1) is 20.4. The predicted octanol–water partition coefficient (Wildman–Crippen LogP) is 3.83. The summed E-state index contributed by atoms with van der Waals surface area (Å²) in [5.41, 5.74) is 6.01. The summed E-state index contributed by atoms with van der Waals surface area (Å²) < 4.78 is 0. The molecule has 0 spiro atoms. The van der Waals surface area contributed by atoms with Crippen LogP contribution < -0.4 is 5.32 Å². The number of carboxylic acid groups (broad SMARTS) is 1. The van der Waals surface area contributed by atoms with Crippen molar-refractivity contribution in [2.24, 2.45) is 0 Å². The van der Waals surface area contributed by atoms with E-state index in [1.807, 2.05) is 12.1 Å². The van der Waals surface area contributed by atoms with Crippen LogP contribution >= 0.6 is 0 Å².